The molecule has 1 aliphatic heterocycles. The zero-order chi connectivity index (χ0) is 32.8. The summed E-state index contributed by atoms with van der Waals surface area (Å²) in [4.78, 5) is 27.8. The summed E-state index contributed by atoms with van der Waals surface area (Å²) < 4.78 is 35.3. The number of furan rings is 1. The Morgan fingerprint density at radius 1 is 1.09 bits per heavy atom. The van der Waals surface area contributed by atoms with E-state index in [-0.39, 0.29) is 34.9 Å². The van der Waals surface area contributed by atoms with Gasteiger partial charge in [0.05, 0.1) is 33.3 Å². The number of carbonyl (C=O) groups is 2. The van der Waals surface area contributed by atoms with Crippen LogP contribution in [0.5, 0.6) is 11.5 Å². The Morgan fingerprint density at radius 3 is 2.57 bits per heavy atom. The lowest BCUT2D eigenvalue weighted by atomic mass is 10.2. The molecule has 0 saturated carbocycles. The molecule has 0 unspecified atom stereocenters. The van der Waals surface area contributed by atoms with Crippen LogP contribution in [-0.2, 0) is 26.2 Å². The lowest BCUT2D eigenvalue weighted by molar-refractivity contribution is -0.122. The van der Waals surface area contributed by atoms with E-state index in [1.165, 1.54) is 41.6 Å². The normalized spacial score (nSPS) is 15.3. The van der Waals surface area contributed by atoms with E-state index in [0.29, 0.717) is 37.7 Å². The molecule has 0 spiro atoms. The van der Waals surface area contributed by atoms with Crippen LogP contribution in [0, 0.1) is 0 Å². The minimum Gasteiger partial charge on any atom is -0.506 e. The zero-order valence-electron chi connectivity index (χ0n) is 23.5. The number of hydrogen-bond donors (Lipinski definition) is 3. The number of hydrogen-bond acceptors (Lipinski definition) is 10. The van der Waals surface area contributed by atoms with Gasteiger partial charge in [0.15, 0.2) is 11.8 Å². The SMILES string of the molecule is NS(=O)(=O)c1ccc(NC(=O)COc2ccccc2/C=C2\S/C(=N/N=C\c3cc(Br)cc(Br)c3O)N(Cc3ccco3)C2=O)cc1. The third-order valence-electron chi connectivity index (χ3n) is 6.21. The van der Waals surface area contributed by atoms with Gasteiger partial charge in [0.2, 0.25) is 10.0 Å². The van der Waals surface area contributed by atoms with E-state index < -0.39 is 15.9 Å². The number of rotatable bonds is 10. The van der Waals surface area contributed by atoms with Gasteiger partial charge in [-0.3, -0.25) is 14.5 Å². The predicted octanol–water partition coefficient (Wildman–Crippen LogP) is 5.68. The highest BCUT2D eigenvalue weighted by atomic mass is 79.9. The molecule has 2 amide bonds. The molecule has 0 bridgehead atoms. The number of phenolic OH excluding ortho intramolecular Hbond substituents is 1. The highest BCUT2D eigenvalue weighted by molar-refractivity contribution is 9.11. The zero-order valence-corrected chi connectivity index (χ0v) is 28.3. The number of sulfonamides is 1. The van der Waals surface area contributed by atoms with E-state index in [1.54, 1.807) is 54.6 Å². The van der Waals surface area contributed by atoms with Crippen molar-refractivity contribution in [3.05, 3.63) is 110 Å². The van der Waals surface area contributed by atoms with Gasteiger partial charge in [-0.2, -0.15) is 5.10 Å². The number of ether oxygens (including phenoxy) is 1. The second-order valence-corrected chi connectivity index (χ2v) is 13.8. The number of primary sulfonamides is 1. The standard InChI is InChI=1S/C30H23Br2N5O7S2/c31-20-12-19(28(39)24(32)14-20)15-34-36-30-37(16-22-5-3-11-43-22)29(40)26(45-30)13-18-4-1-2-6-25(18)44-17-27(38)35-21-7-9-23(10-8-21)46(33,41)42/h1-15,39H,16-17H2,(H,35,38)(H2,33,41,42)/b26-13-,34-15-,36-30+. The van der Waals surface area contributed by atoms with Crippen molar-refractivity contribution in [3.8, 4) is 11.5 Å². The van der Waals surface area contributed by atoms with Crippen LogP contribution in [0.2, 0.25) is 0 Å². The summed E-state index contributed by atoms with van der Waals surface area (Å²) >= 11 is 7.75. The second kappa shape index (κ2) is 14.5. The first kappa shape index (κ1) is 33.2. The minimum atomic E-state index is -3.86. The molecule has 4 N–H and O–H groups in total. The lowest BCUT2D eigenvalue weighted by Crippen LogP contribution is -2.28. The molecular weight excluding hydrogens is 766 g/mol. The monoisotopic (exact) mass is 787 g/mol. The largest absolute Gasteiger partial charge is 0.506 e. The molecule has 1 aliphatic rings. The Balaban J connectivity index is 1.33. The minimum absolute atomic E-state index is 0.0134. The number of aromatic hydroxyl groups is 1. The van der Waals surface area contributed by atoms with Gasteiger partial charge in [-0.15, -0.1) is 5.10 Å². The number of thioether (sulfide) groups is 1. The quantitative estimate of drug-likeness (QED) is 0.104. The first-order chi connectivity index (χ1) is 22.0. The first-order valence-electron chi connectivity index (χ1n) is 13.2. The fourth-order valence-electron chi connectivity index (χ4n) is 4.05. The van der Waals surface area contributed by atoms with E-state index in [2.05, 4.69) is 47.4 Å². The highest BCUT2D eigenvalue weighted by Gasteiger charge is 2.34. The third-order valence-corrected chi connectivity index (χ3v) is 9.20. The molecule has 0 radical (unpaired) electrons. The summed E-state index contributed by atoms with van der Waals surface area (Å²) in [5, 5.41) is 26.7. The van der Waals surface area contributed by atoms with Crippen LogP contribution < -0.4 is 15.2 Å². The van der Waals surface area contributed by atoms with E-state index in [0.717, 1.165) is 16.2 Å². The number of anilines is 1. The molecule has 16 heteroatoms. The van der Waals surface area contributed by atoms with E-state index in [9.17, 15) is 23.1 Å². The average molecular weight is 789 g/mol. The number of phenols is 1. The smallest absolute Gasteiger partial charge is 0.267 e. The molecule has 4 aromatic rings. The van der Waals surface area contributed by atoms with Crippen LogP contribution in [-0.4, -0.2) is 48.2 Å². The summed E-state index contributed by atoms with van der Waals surface area (Å²) in [6, 6.07) is 19.1. The van der Waals surface area contributed by atoms with E-state index in [1.807, 2.05) is 0 Å². The third kappa shape index (κ3) is 8.32. The molecule has 1 saturated heterocycles. The Kier molecular flexibility index (Phi) is 10.4. The van der Waals surface area contributed by atoms with Crippen molar-refractivity contribution in [1.29, 1.82) is 0 Å². The fraction of sp³-hybridized carbons (Fsp3) is 0.0667. The summed E-state index contributed by atoms with van der Waals surface area (Å²) in [5.74, 6) is 0.0336. The molecule has 0 aliphatic carbocycles. The van der Waals surface area contributed by atoms with Crippen LogP contribution in [0.25, 0.3) is 6.08 Å². The number of nitrogens with zero attached hydrogens (tertiary/aromatic N) is 3. The van der Waals surface area contributed by atoms with Crippen molar-refractivity contribution in [1.82, 2.24) is 4.90 Å². The summed E-state index contributed by atoms with van der Waals surface area (Å²) in [6.07, 6.45) is 4.51. The van der Waals surface area contributed by atoms with Crippen molar-refractivity contribution >= 4 is 88.6 Å². The number of para-hydroxylation sites is 1. The molecule has 1 aromatic heterocycles. The highest BCUT2D eigenvalue weighted by Crippen LogP contribution is 2.36. The summed E-state index contributed by atoms with van der Waals surface area (Å²) in [6.45, 7) is -0.252. The first-order valence-corrected chi connectivity index (χ1v) is 17.1. The number of nitrogens with two attached hydrogens (primary N) is 1. The molecule has 0 atom stereocenters. The Bertz CT molecular complexity index is 1980. The molecule has 2 heterocycles. The molecule has 236 valence electrons. The van der Waals surface area contributed by atoms with Crippen molar-refractivity contribution in [3.63, 3.8) is 0 Å². The van der Waals surface area contributed by atoms with Gasteiger partial charge in [0, 0.05) is 21.3 Å². The van der Waals surface area contributed by atoms with Crippen molar-refractivity contribution in [2.45, 2.75) is 11.4 Å². The number of amidine groups is 1. The fourth-order valence-corrected chi connectivity index (χ4v) is 6.75. The Labute approximate surface area is 284 Å². The molecule has 1 fully saturated rings. The Morgan fingerprint density at radius 2 is 1.85 bits per heavy atom. The number of benzene rings is 3. The van der Waals surface area contributed by atoms with Gasteiger partial charge in [0.1, 0.15) is 17.3 Å². The maximum Gasteiger partial charge on any atom is 0.267 e. The van der Waals surface area contributed by atoms with Crippen LogP contribution in [0.4, 0.5) is 5.69 Å². The predicted molar refractivity (Wildman–Crippen MR) is 182 cm³/mol. The number of nitrogens with one attached hydrogen (secondary N) is 1. The van der Waals surface area contributed by atoms with Crippen LogP contribution in [0.15, 0.2) is 112 Å². The summed E-state index contributed by atoms with van der Waals surface area (Å²) in [7, 11) is -3.86. The van der Waals surface area contributed by atoms with Crippen LogP contribution in [0.3, 0.4) is 0 Å². The second-order valence-electron chi connectivity index (χ2n) is 9.48. The molecule has 46 heavy (non-hydrogen) atoms. The van der Waals surface area contributed by atoms with E-state index >= 15 is 0 Å². The van der Waals surface area contributed by atoms with Gasteiger partial charge in [-0.1, -0.05) is 34.1 Å². The average Bonchev–Trinajstić information content (AvgIpc) is 3.63. The molecule has 3 aromatic carbocycles. The molecule has 12 nitrogen and oxygen atoms in total. The maximum atomic E-state index is 13.5. The van der Waals surface area contributed by atoms with E-state index in [4.69, 9.17) is 14.3 Å². The van der Waals surface area contributed by atoms with Gasteiger partial charge < -0.3 is 19.6 Å². The van der Waals surface area contributed by atoms with Crippen LogP contribution >= 0.6 is 43.6 Å². The topological polar surface area (TPSA) is 177 Å². The summed E-state index contributed by atoms with van der Waals surface area (Å²) in [5.41, 5.74) is 1.30. The number of amides is 2. The van der Waals surface area contributed by atoms with Crippen molar-refractivity contribution in [2.75, 3.05) is 11.9 Å². The lowest BCUT2D eigenvalue weighted by Gasteiger charge is -2.12. The van der Waals surface area contributed by atoms with Gasteiger partial charge in [0.25, 0.3) is 11.8 Å². The number of halogens is 2. The van der Waals surface area contributed by atoms with Gasteiger partial charge in [-0.25, -0.2) is 13.6 Å². The number of carbonyl (C=O) groups excluding carboxylic acids is 2. The van der Waals surface area contributed by atoms with Crippen molar-refractivity contribution in [2.24, 2.45) is 15.3 Å². The van der Waals surface area contributed by atoms with Gasteiger partial charge >= 0.3 is 0 Å². The van der Waals surface area contributed by atoms with Crippen LogP contribution in [0.1, 0.15) is 16.9 Å². The Hall–Kier alpha value is -4.22. The maximum absolute atomic E-state index is 13.5. The van der Waals surface area contributed by atoms with Crippen molar-refractivity contribution < 1.29 is 32.3 Å². The van der Waals surface area contributed by atoms with Gasteiger partial charge in [-0.05, 0) is 88.4 Å². The molecule has 5 rings (SSSR count). The molecular formula is C30H23Br2N5O7S2.